The molecule has 37 heavy (non-hydrogen) atoms. The van der Waals surface area contributed by atoms with Crippen LogP contribution in [-0.4, -0.2) is 73.5 Å². The Kier molecular flexibility index (Phi) is 5.78. The van der Waals surface area contributed by atoms with E-state index in [2.05, 4.69) is 20.9 Å². The maximum atomic E-state index is 13.8. The van der Waals surface area contributed by atoms with Crippen molar-refractivity contribution in [3.05, 3.63) is 68.9 Å². The maximum absolute atomic E-state index is 13.8. The highest BCUT2D eigenvalue weighted by Gasteiger charge is 2.63. The van der Waals surface area contributed by atoms with E-state index in [1.165, 1.54) is 11.0 Å². The zero-order valence-electron chi connectivity index (χ0n) is 19.9. The second-order valence-corrected chi connectivity index (χ2v) is 10.8. The van der Waals surface area contributed by atoms with Gasteiger partial charge in [-0.05, 0) is 72.0 Å². The van der Waals surface area contributed by atoms with Gasteiger partial charge in [-0.3, -0.25) is 24.3 Å². The summed E-state index contributed by atoms with van der Waals surface area (Å²) in [5.41, 5.74) is 3.52. The van der Waals surface area contributed by atoms with E-state index in [4.69, 9.17) is 5.73 Å². The third-order valence-electron chi connectivity index (χ3n) is 7.62. The number of aromatic hydroxyl groups is 1. The average Bonchev–Trinajstić information content (AvgIpc) is 2.81. The third-order valence-corrected chi connectivity index (χ3v) is 8.06. The molecule has 5 rings (SSSR count). The number of hydrogen-bond donors (Lipinski definition) is 5. The summed E-state index contributed by atoms with van der Waals surface area (Å²) in [5.74, 6) is -6.77. The number of halogens is 1. The molecule has 0 spiro atoms. The van der Waals surface area contributed by atoms with Crippen LogP contribution in [0.2, 0.25) is 0 Å². The molecule has 11 heteroatoms. The molecule has 1 aromatic carbocycles. The molecular weight excluding hydrogens is 546 g/mol. The molecule has 6 N–H and O–H groups in total. The molecule has 1 heterocycles. The SMILES string of the molecule is CN(C)[C@@H]1C(O)=C(C(N)=O)C(=O)[C@@]2(O)C(O)=C3C(=O)c4c(O)ccc(-c5cncc(Br)c5)c4C[C@H]3C[C@@H]12. The molecule has 2 aromatic rings. The first kappa shape index (κ1) is 25.1. The second kappa shape index (κ2) is 8.51. The van der Waals surface area contributed by atoms with Crippen molar-refractivity contribution < 1.29 is 34.8 Å². The fourth-order valence-corrected chi connectivity index (χ4v) is 6.45. The van der Waals surface area contributed by atoms with E-state index in [-0.39, 0.29) is 29.7 Å². The number of pyridine rings is 1. The van der Waals surface area contributed by atoms with Crippen molar-refractivity contribution in [1.82, 2.24) is 9.88 Å². The topological polar surface area (TPSA) is 174 Å². The van der Waals surface area contributed by atoms with Crippen LogP contribution in [0.4, 0.5) is 0 Å². The number of phenolic OH excluding ortho intramolecular Hbond substituents is 1. The third kappa shape index (κ3) is 3.45. The normalized spacial score (nSPS) is 27.2. The van der Waals surface area contributed by atoms with Gasteiger partial charge in [0.05, 0.1) is 11.6 Å². The van der Waals surface area contributed by atoms with E-state index < -0.39 is 58.0 Å². The van der Waals surface area contributed by atoms with Gasteiger partial charge in [0, 0.05) is 33.9 Å². The van der Waals surface area contributed by atoms with Crippen LogP contribution in [0.25, 0.3) is 11.1 Å². The molecule has 10 nitrogen and oxygen atoms in total. The number of primary amides is 1. The second-order valence-electron chi connectivity index (χ2n) is 9.84. The number of benzene rings is 1. The molecule has 1 amide bonds. The highest BCUT2D eigenvalue weighted by Crippen LogP contribution is 2.53. The zero-order valence-corrected chi connectivity index (χ0v) is 21.5. The summed E-state index contributed by atoms with van der Waals surface area (Å²) in [6, 6.07) is 3.83. The van der Waals surface area contributed by atoms with Gasteiger partial charge in [-0.15, -0.1) is 0 Å². The number of carbonyl (C=O) groups excluding carboxylic acids is 3. The van der Waals surface area contributed by atoms with Crippen molar-refractivity contribution in [3.8, 4) is 16.9 Å². The Bertz CT molecular complexity index is 1460. The van der Waals surface area contributed by atoms with E-state index in [1.807, 2.05) is 6.07 Å². The molecule has 0 saturated carbocycles. The molecule has 0 fully saturated rings. The van der Waals surface area contributed by atoms with Gasteiger partial charge in [0.25, 0.3) is 5.91 Å². The van der Waals surface area contributed by atoms with Crippen LogP contribution >= 0.6 is 15.9 Å². The number of ketones is 2. The monoisotopic (exact) mass is 569 g/mol. The van der Waals surface area contributed by atoms with Gasteiger partial charge in [0.15, 0.2) is 11.4 Å². The molecule has 0 radical (unpaired) electrons. The van der Waals surface area contributed by atoms with Crippen LogP contribution in [0.5, 0.6) is 5.75 Å². The number of likely N-dealkylation sites (N-methyl/N-ethyl adjacent to an activating group) is 1. The Balaban J connectivity index is 1.73. The molecule has 0 bridgehead atoms. The maximum Gasteiger partial charge on any atom is 0.255 e. The lowest BCUT2D eigenvalue weighted by Gasteiger charge is -2.50. The quantitative estimate of drug-likeness (QED) is 0.346. The van der Waals surface area contributed by atoms with Gasteiger partial charge in [-0.2, -0.15) is 0 Å². The van der Waals surface area contributed by atoms with Crippen LogP contribution in [0.1, 0.15) is 22.3 Å². The Labute approximate surface area is 219 Å². The van der Waals surface area contributed by atoms with Gasteiger partial charge in [0.1, 0.15) is 22.8 Å². The van der Waals surface area contributed by atoms with Crippen molar-refractivity contribution in [2.24, 2.45) is 17.6 Å². The first-order chi connectivity index (χ1) is 17.4. The van der Waals surface area contributed by atoms with E-state index >= 15 is 0 Å². The summed E-state index contributed by atoms with van der Waals surface area (Å²) in [4.78, 5) is 44.9. The predicted octanol–water partition coefficient (Wildman–Crippen LogP) is 1.95. The van der Waals surface area contributed by atoms with Crippen molar-refractivity contribution >= 4 is 33.4 Å². The number of amides is 1. The number of Topliss-reactive ketones (excluding diaryl/α,β-unsaturated/α-hetero) is 2. The standard InChI is InChI=1S/C26H24BrN3O7/c1-30(2)20-15-7-10-6-14-13(11-5-12(27)9-29-8-11)3-4-16(31)18(14)21(32)17(10)23(34)26(15,37)24(35)19(22(20)33)25(28)36/h3-5,8-10,15,20,31,33-34,37H,6-7H2,1-2H3,(H2,28,36)/t10-,15-,20-,26-/m0/s1. The van der Waals surface area contributed by atoms with Crippen molar-refractivity contribution in [1.29, 1.82) is 0 Å². The van der Waals surface area contributed by atoms with E-state index in [0.717, 1.165) is 4.47 Å². The molecule has 192 valence electrons. The number of carbonyl (C=O) groups is 3. The fourth-order valence-electron chi connectivity index (χ4n) is 6.08. The minimum absolute atomic E-state index is 0.0254. The summed E-state index contributed by atoms with van der Waals surface area (Å²) < 4.78 is 0.719. The van der Waals surface area contributed by atoms with Gasteiger partial charge in [-0.25, -0.2) is 0 Å². The summed E-state index contributed by atoms with van der Waals surface area (Å²) in [6.07, 6.45) is 3.47. The number of hydrogen-bond acceptors (Lipinski definition) is 9. The summed E-state index contributed by atoms with van der Waals surface area (Å²) in [7, 11) is 3.17. The van der Waals surface area contributed by atoms with Crippen molar-refractivity contribution in [2.45, 2.75) is 24.5 Å². The van der Waals surface area contributed by atoms with Crippen LogP contribution in [0.3, 0.4) is 0 Å². The minimum Gasteiger partial charge on any atom is -0.510 e. The number of allylic oxidation sites excluding steroid dienone is 1. The van der Waals surface area contributed by atoms with Crippen LogP contribution in [0.15, 0.2) is 57.7 Å². The largest absolute Gasteiger partial charge is 0.510 e. The zero-order chi connectivity index (χ0) is 27.0. The van der Waals surface area contributed by atoms with Crippen molar-refractivity contribution in [2.75, 3.05) is 14.1 Å². The van der Waals surface area contributed by atoms with E-state index in [9.17, 15) is 34.8 Å². The van der Waals surface area contributed by atoms with E-state index in [1.54, 1.807) is 32.6 Å². The highest BCUT2D eigenvalue weighted by molar-refractivity contribution is 9.10. The first-order valence-electron chi connectivity index (χ1n) is 11.5. The molecule has 0 aliphatic heterocycles. The smallest absolute Gasteiger partial charge is 0.255 e. The lowest BCUT2D eigenvalue weighted by atomic mass is 9.58. The number of aliphatic hydroxyl groups excluding tert-OH is 2. The Hall–Kier alpha value is -3.54. The highest BCUT2D eigenvalue weighted by atomic mass is 79.9. The molecule has 1 aromatic heterocycles. The van der Waals surface area contributed by atoms with Gasteiger partial charge >= 0.3 is 0 Å². The van der Waals surface area contributed by atoms with Crippen LogP contribution in [0, 0.1) is 11.8 Å². The number of nitrogens with two attached hydrogens (primary N) is 1. The molecule has 4 atom stereocenters. The number of nitrogens with zero attached hydrogens (tertiary/aromatic N) is 2. The van der Waals surface area contributed by atoms with Crippen LogP contribution < -0.4 is 5.73 Å². The molecule has 0 unspecified atom stereocenters. The summed E-state index contributed by atoms with van der Waals surface area (Å²) in [6.45, 7) is 0. The van der Waals surface area contributed by atoms with Gasteiger partial charge < -0.3 is 26.2 Å². The van der Waals surface area contributed by atoms with Gasteiger partial charge in [0.2, 0.25) is 5.78 Å². The number of aliphatic hydroxyl groups is 3. The summed E-state index contributed by atoms with van der Waals surface area (Å²) in [5, 5.41) is 44.5. The number of aromatic nitrogens is 1. The predicted molar refractivity (Wildman–Crippen MR) is 135 cm³/mol. The minimum atomic E-state index is -2.66. The Morgan fingerprint density at radius 1 is 1.19 bits per heavy atom. The molecule has 3 aliphatic carbocycles. The summed E-state index contributed by atoms with van der Waals surface area (Å²) >= 11 is 3.39. The van der Waals surface area contributed by atoms with Crippen molar-refractivity contribution in [3.63, 3.8) is 0 Å². The Morgan fingerprint density at radius 2 is 1.89 bits per heavy atom. The van der Waals surface area contributed by atoms with Crippen LogP contribution in [-0.2, 0) is 16.0 Å². The van der Waals surface area contributed by atoms with E-state index in [0.29, 0.717) is 16.7 Å². The average molecular weight is 570 g/mol. The molecular formula is C26H24BrN3O7. The first-order valence-corrected chi connectivity index (χ1v) is 12.3. The molecule has 3 aliphatic rings. The number of phenols is 1. The molecule has 0 saturated heterocycles. The fraction of sp³-hybridized carbons (Fsp3) is 0.308. The number of fused-ring (bicyclic) bond motifs is 3. The Morgan fingerprint density at radius 3 is 2.51 bits per heavy atom. The number of rotatable bonds is 3. The lowest BCUT2D eigenvalue weighted by Crippen LogP contribution is -2.63. The lowest BCUT2D eigenvalue weighted by molar-refractivity contribution is -0.148. The van der Waals surface area contributed by atoms with Gasteiger partial charge in [-0.1, -0.05) is 6.07 Å².